The van der Waals surface area contributed by atoms with Gasteiger partial charge in [-0.15, -0.1) is 0 Å². The number of anilines is 1. The van der Waals surface area contributed by atoms with Crippen LogP contribution in [0.5, 0.6) is 17.2 Å². The molecule has 1 aliphatic rings. The highest BCUT2D eigenvalue weighted by atomic mass is 32.2. The summed E-state index contributed by atoms with van der Waals surface area (Å²) in [6, 6.07) is 13.8. The number of rotatable bonds is 5. The molecule has 4 aromatic rings. The van der Waals surface area contributed by atoms with Crippen molar-refractivity contribution in [3.05, 3.63) is 66.5 Å². The first-order valence-corrected chi connectivity index (χ1v) is 12.0. The van der Waals surface area contributed by atoms with E-state index in [0.717, 1.165) is 28.9 Å². The zero-order valence-corrected chi connectivity index (χ0v) is 19.1. The monoisotopic (exact) mass is 465 g/mol. The van der Waals surface area contributed by atoms with Crippen LogP contribution in [0.25, 0.3) is 16.9 Å². The van der Waals surface area contributed by atoms with Crippen LogP contribution < -0.4 is 18.9 Å². The van der Waals surface area contributed by atoms with Crippen LogP contribution in [0, 0.1) is 6.92 Å². The normalized spacial score (nSPS) is 13.5. The van der Waals surface area contributed by atoms with Crippen molar-refractivity contribution >= 4 is 21.4 Å². The van der Waals surface area contributed by atoms with Gasteiger partial charge >= 0.3 is 0 Å². The maximum atomic E-state index is 13.2. The van der Waals surface area contributed by atoms with Crippen molar-refractivity contribution < 1.29 is 22.6 Å². The minimum atomic E-state index is -3.91. The van der Waals surface area contributed by atoms with Crippen molar-refractivity contribution in [2.75, 3.05) is 25.0 Å². The lowest BCUT2D eigenvalue weighted by Gasteiger charge is -2.14. The summed E-state index contributed by atoms with van der Waals surface area (Å²) in [5.74, 6) is 1.35. The van der Waals surface area contributed by atoms with E-state index in [-0.39, 0.29) is 4.90 Å². The van der Waals surface area contributed by atoms with Crippen LogP contribution in [0.3, 0.4) is 0 Å². The Morgan fingerprint density at radius 3 is 2.67 bits per heavy atom. The summed E-state index contributed by atoms with van der Waals surface area (Å²) in [6.07, 6.45) is 4.57. The predicted octanol–water partition coefficient (Wildman–Crippen LogP) is 4.28. The molecule has 0 amide bonds. The molecule has 3 heterocycles. The molecule has 1 aliphatic heterocycles. The Hall–Kier alpha value is -3.72. The molecule has 0 unspecified atom stereocenters. The Morgan fingerprint density at radius 1 is 1.06 bits per heavy atom. The largest absolute Gasteiger partial charge is 0.495 e. The van der Waals surface area contributed by atoms with Gasteiger partial charge in [-0.3, -0.25) is 4.72 Å². The Morgan fingerprint density at radius 2 is 1.88 bits per heavy atom. The van der Waals surface area contributed by atoms with E-state index in [2.05, 4.69) is 4.72 Å². The third kappa shape index (κ3) is 4.07. The summed E-state index contributed by atoms with van der Waals surface area (Å²) in [4.78, 5) is 4.78. The van der Waals surface area contributed by atoms with Crippen molar-refractivity contribution in [2.24, 2.45) is 0 Å². The second kappa shape index (κ2) is 8.32. The number of fused-ring (bicyclic) bond motifs is 2. The van der Waals surface area contributed by atoms with Crippen LogP contribution in [0.4, 0.5) is 5.69 Å². The van der Waals surface area contributed by atoms with E-state index >= 15 is 0 Å². The number of sulfonamides is 1. The second-order valence-corrected chi connectivity index (χ2v) is 9.41. The number of aromatic nitrogens is 2. The van der Waals surface area contributed by atoms with Crippen molar-refractivity contribution in [1.29, 1.82) is 0 Å². The maximum Gasteiger partial charge on any atom is 0.262 e. The van der Waals surface area contributed by atoms with Crippen molar-refractivity contribution in [1.82, 2.24) is 9.38 Å². The molecule has 8 nitrogen and oxygen atoms in total. The van der Waals surface area contributed by atoms with Gasteiger partial charge in [0, 0.05) is 30.4 Å². The third-order valence-electron chi connectivity index (χ3n) is 5.45. The highest BCUT2D eigenvalue weighted by Crippen LogP contribution is 2.35. The summed E-state index contributed by atoms with van der Waals surface area (Å²) in [7, 11) is -2.42. The van der Waals surface area contributed by atoms with Crippen LogP contribution in [0.1, 0.15) is 12.0 Å². The van der Waals surface area contributed by atoms with E-state index in [1.807, 2.05) is 41.9 Å². The fraction of sp³-hybridized carbons (Fsp3) is 0.208. The highest BCUT2D eigenvalue weighted by molar-refractivity contribution is 7.92. The SMILES string of the molecule is COc1ccc(-c2cn3cccc(C)c3n2)cc1NS(=O)(=O)c1ccc2c(c1)OCCCO2. The Bertz CT molecular complexity index is 1450. The molecule has 0 spiro atoms. The minimum Gasteiger partial charge on any atom is -0.495 e. The number of imidazole rings is 1. The summed E-state index contributed by atoms with van der Waals surface area (Å²) in [5.41, 5.74) is 3.69. The molecule has 1 N–H and O–H groups in total. The maximum absolute atomic E-state index is 13.2. The molecule has 2 aromatic carbocycles. The average molecular weight is 466 g/mol. The number of methoxy groups -OCH3 is 1. The smallest absolute Gasteiger partial charge is 0.262 e. The molecule has 9 heteroatoms. The molecular weight excluding hydrogens is 442 g/mol. The molecule has 0 saturated heterocycles. The molecule has 2 aromatic heterocycles. The van der Waals surface area contributed by atoms with Crippen LogP contribution in [-0.2, 0) is 10.0 Å². The number of nitrogens with one attached hydrogen (secondary N) is 1. The molecule has 5 rings (SSSR count). The second-order valence-electron chi connectivity index (χ2n) is 7.73. The van der Waals surface area contributed by atoms with Gasteiger partial charge in [-0.2, -0.15) is 0 Å². The quantitative estimate of drug-likeness (QED) is 0.473. The molecule has 0 bridgehead atoms. The molecule has 0 aliphatic carbocycles. The Labute approximate surface area is 191 Å². The fourth-order valence-electron chi connectivity index (χ4n) is 3.75. The zero-order valence-electron chi connectivity index (χ0n) is 18.2. The van der Waals surface area contributed by atoms with E-state index in [4.69, 9.17) is 19.2 Å². The molecule has 170 valence electrons. The summed E-state index contributed by atoms with van der Waals surface area (Å²) in [6.45, 7) is 3.00. The number of hydrogen-bond acceptors (Lipinski definition) is 6. The summed E-state index contributed by atoms with van der Waals surface area (Å²) in [5, 5.41) is 0. The zero-order chi connectivity index (χ0) is 23.0. The first-order chi connectivity index (χ1) is 15.9. The number of aryl methyl sites for hydroxylation is 1. The fourth-order valence-corrected chi connectivity index (χ4v) is 4.83. The lowest BCUT2D eigenvalue weighted by molar-refractivity contribution is 0.297. The number of hydrogen-bond donors (Lipinski definition) is 1. The van der Waals surface area contributed by atoms with Crippen molar-refractivity contribution in [3.63, 3.8) is 0 Å². The predicted molar refractivity (Wildman–Crippen MR) is 125 cm³/mol. The number of ether oxygens (including phenoxy) is 3. The van der Waals surface area contributed by atoms with Gasteiger partial charge in [0.2, 0.25) is 0 Å². The van der Waals surface area contributed by atoms with Crippen LogP contribution in [0.15, 0.2) is 65.8 Å². The van der Waals surface area contributed by atoms with Gasteiger partial charge in [0.05, 0.1) is 36.6 Å². The average Bonchev–Trinajstić information content (AvgIpc) is 3.11. The minimum absolute atomic E-state index is 0.0718. The van der Waals surface area contributed by atoms with Gasteiger partial charge in [0.1, 0.15) is 11.4 Å². The van der Waals surface area contributed by atoms with E-state index in [9.17, 15) is 8.42 Å². The molecule has 0 radical (unpaired) electrons. The van der Waals surface area contributed by atoms with Gasteiger partial charge in [-0.05, 0) is 48.9 Å². The third-order valence-corrected chi connectivity index (χ3v) is 6.81. The summed E-state index contributed by atoms with van der Waals surface area (Å²) < 4.78 is 47.6. The van der Waals surface area contributed by atoms with Gasteiger partial charge in [0.25, 0.3) is 10.0 Å². The van der Waals surface area contributed by atoms with Crippen LogP contribution >= 0.6 is 0 Å². The molecule has 0 atom stereocenters. The summed E-state index contributed by atoms with van der Waals surface area (Å²) >= 11 is 0. The van der Waals surface area contributed by atoms with Crippen molar-refractivity contribution in [3.8, 4) is 28.5 Å². The molecular formula is C24H23N3O5S. The Kier molecular flexibility index (Phi) is 5.33. The molecule has 33 heavy (non-hydrogen) atoms. The van der Waals surface area contributed by atoms with Gasteiger partial charge < -0.3 is 18.6 Å². The van der Waals surface area contributed by atoms with Gasteiger partial charge in [-0.1, -0.05) is 6.07 Å². The lowest BCUT2D eigenvalue weighted by atomic mass is 10.1. The van der Waals surface area contributed by atoms with Gasteiger partial charge in [-0.25, -0.2) is 13.4 Å². The first kappa shape index (κ1) is 21.1. The highest BCUT2D eigenvalue weighted by Gasteiger charge is 2.21. The van der Waals surface area contributed by atoms with Gasteiger partial charge in [0.15, 0.2) is 11.5 Å². The molecule has 0 fully saturated rings. The van der Waals surface area contributed by atoms with Crippen molar-refractivity contribution in [2.45, 2.75) is 18.2 Å². The number of nitrogens with zero attached hydrogens (tertiary/aromatic N) is 2. The van der Waals surface area contributed by atoms with Crippen LogP contribution in [0.2, 0.25) is 0 Å². The molecule has 0 saturated carbocycles. The standard InChI is InChI=1S/C24H23N3O5S/c1-16-5-3-10-27-15-20(25-24(16)27)17-6-8-21(30-2)19(13-17)26-33(28,29)18-7-9-22-23(14-18)32-12-4-11-31-22/h3,5-10,13-15,26H,4,11-12H2,1-2H3. The van der Waals surface area contributed by atoms with Crippen LogP contribution in [-0.4, -0.2) is 38.1 Å². The van der Waals surface area contributed by atoms with E-state index in [0.29, 0.717) is 36.1 Å². The topological polar surface area (TPSA) is 91.2 Å². The number of benzene rings is 2. The number of pyridine rings is 1. The Balaban J connectivity index is 1.51. The van der Waals surface area contributed by atoms with E-state index < -0.39 is 10.0 Å². The van der Waals surface area contributed by atoms with E-state index in [1.165, 1.54) is 19.2 Å². The first-order valence-electron chi connectivity index (χ1n) is 10.5. The van der Waals surface area contributed by atoms with E-state index in [1.54, 1.807) is 18.2 Å². The lowest BCUT2D eigenvalue weighted by Crippen LogP contribution is -2.14.